The van der Waals surface area contributed by atoms with Gasteiger partial charge in [0.25, 0.3) is 0 Å². The third-order valence-corrected chi connectivity index (χ3v) is 4.37. The first-order valence-corrected chi connectivity index (χ1v) is 8.50. The molecular formula is C19H18BrNO3. The Balaban J connectivity index is 1.72. The van der Waals surface area contributed by atoms with Crippen LogP contribution >= 0.6 is 15.9 Å². The molecule has 0 saturated heterocycles. The number of rotatable bonds is 4. The minimum Gasteiger partial charge on any atom is -0.496 e. The molecule has 5 heteroatoms. The first-order chi connectivity index (χ1) is 11.7. The highest BCUT2D eigenvalue weighted by atomic mass is 79.9. The molecule has 24 heavy (non-hydrogen) atoms. The van der Waals surface area contributed by atoms with Crippen molar-refractivity contribution in [2.75, 3.05) is 13.7 Å². The van der Waals surface area contributed by atoms with Crippen molar-refractivity contribution in [1.82, 2.24) is 5.32 Å². The van der Waals surface area contributed by atoms with Gasteiger partial charge in [0.05, 0.1) is 19.8 Å². The Morgan fingerprint density at radius 3 is 3.00 bits per heavy atom. The van der Waals surface area contributed by atoms with E-state index < -0.39 is 0 Å². The Bertz CT molecular complexity index is 773. The molecule has 1 aliphatic rings. The van der Waals surface area contributed by atoms with Gasteiger partial charge in [0, 0.05) is 28.1 Å². The van der Waals surface area contributed by atoms with Crippen LogP contribution in [0, 0.1) is 0 Å². The largest absolute Gasteiger partial charge is 0.496 e. The second kappa shape index (κ2) is 7.53. The Hall–Kier alpha value is -2.27. The lowest BCUT2D eigenvalue weighted by atomic mass is 10.0. The van der Waals surface area contributed by atoms with Crippen molar-refractivity contribution in [3.8, 4) is 11.5 Å². The number of amides is 1. The predicted molar refractivity (Wildman–Crippen MR) is 97.2 cm³/mol. The van der Waals surface area contributed by atoms with Gasteiger partial charge in [0.2, 0.25) is 5.91 Å². The summed E-state index contributed by atoms with van der Waals surface area (Å²) in [6, 6.07) is 13.4. The number of fused-ring (bicyclic) bond motifs is 1. The number of para-hydroxylation sites is 1. The lowest BCUT2D eigenvalue weighted by Gasteiger charge is -2.26. The van der Waals surface area contributed by atoms with E-state index in [1.165, 1.54) is 6.08 Å². The summed E-state index contributed by atoms with van der Waals surface area (Å²) in [6.45, 7) is 0.602. The molecule has 3 rings (SSSR count). The van der Waals surface area contributed by atoms with Crippen molar-refractivity contribution >= 4 is 27.9 Å². The van der Waals surface area contributed by atoms with Crippen molar-refractivity contribution in [2.45, 2.75) is 12.5 Å². The van der Waals surface area contributed by atoms with E-state index in [-0.39, 0.29) is 11.9 Å². The van der Waals surface area contributed by atoms with E-state index >= 15 is 0 Å². The molecule has 0 bridgehead atoms. The number of carbonyl (C=O) groups is 1. The quantitative estimate of drug-likeness (QED) is 0.802. The van der Waals surface area contributed by atoms with Crippen LogP contribution in [0.2, 0.25) is 0 Å². The lowest BCUT2D eigenvalue weighted by Crippen LogP contribution is -2.30. The summed E-state index contributed by atoms with van der Waals surface area (Å²) in [6.07, 6.45) is 4.04. The average molecular weight is 388 g/mol. The molecular weight excluding hydrogens is 370 g/mol. The molecule has 0 unspecified atom stereocenters. The number of halogens is 1. The molecule has 1 amide bonds. The van der Waals surface area contributed by atoms with Crippen molar-refractivity contribution in [3.05, 3.63) is 64.1 Å². The highest BCUT2D eigenvalue weighted by Crippen LogP contribution is 2.31. The van der Waals surface area contributed by atoms with Gasteiger partial charge in [-0.2, -0.15) is 0 Å². The summed E-state index contributed by atoms with van der Waals surface area (Å²) in [5.74, 6) is 1.42. The Morgan fingerprint density at radius 1 is 1.33 bits per heavy atom. The molecule has 124 valence electrons. The van der Waals surface area contributed by atoms with Crippen molar-refractivity contribution < 1.29 is 14.3 Å². The van der Waals surface area contributed by atoms with E-state index in [2.05, 4.69) is 21.2 Å². The van der Waals surface area contributed by atoms with Crippen molar-refractivity contribution in [1.29, 1.82) is 0 Å². The van der Waals surface area contributed by atoms with Crippen LogP contribution in [-0.2, 0) is 4.79 Å². The number of nitrogens with one attached hydrogen (secondary N) is 1. The Morgan fingerprint density at radius 2 is 2.17 bits per heavy atom. The van der Waals surface area contributed by atoms with Crippen LogP contribution < -0.4 is 14.8 Å². The number of ether oxygens (including phenoxy) is 2. The highest BCUT2D eigenvalue weighted by Gasteiger charge is 2.21. The monoisotopic (exact) mass is 387 g/mol. The van der Waals surface area contributed by atoms with Crippen LogP contribution in [0.5, 0.6) is 11.5 Å². The summed E-state index contributed by atoms with van der Waals surface area (Å²) in [7, 11) is 1.61. The molecule has 0 saturated carbocycles. The minimum atomic E-state index is -0.140. The van der Waals surface area contributed by atoms with E-state index in [9.17, 15) is 4.79 Å². The standard InChI is InChI=1S/C19H18BrNO3/c1-23-17-8-7-14(20)12-13(17)6-9-19(22)21-16-10-11-24-18-5-3-2-4-15(16)18/h2-9,12,16H,10-11H2,1H3,(H,21,22)/b9-6+/t16-/m0/s1. The van der Waals surface area contributed by atoms with E-state index in [4.69, 9.17) is 9.47 Å². The van der Waals surface area contributed by atoms with E-state index in [0.29, 0.717) is 6.61 Å². The molecule has 1 aliphatic heterocycles. The van der Waals surface area contributed by atoms with Crippen LogP contribution in [0.15, 0.2) is 53.0 Å². The van der Waals surface area contributed by atoms with Gasteiger partial charge in [-0.05, 0) is 30.3 Å². The van der Waals surface area contributed by atoms with E-state index in [1.54, 1.807) is 13.2 Å². The molecule has 0 aliphatic carbocycles. The first kappa shape index (κ1) is 16.6. The zero-order valence-corrected chi connectivity index (χ0v) is 14.9. The van der Waals surface area contributed by atoms with Crippen LogP contribution in [0.1, 0.15) is 23.6 Å². The van der Waals surface area contributed by atoms with Gasteiger partial charge in [0.1, 0.15) is 11.5 Å². The molecule has 1 atom stereocenters. The van der Waals surface area contributed by atoms with Gasteiger partial charge in [-0.3, -0.25) is 4.79 Å². The molecule has 1 N–H and O–H groups in total. The molecule has 0 spiro atoms. The molecule has 2 aromatic rings. The fourth-order valence-electron chi connectivity index (χ4n) is 2.71. The summed E-state index contributed by atoms with van der Waals surface area (Å²) in [5.41, 5.74) is 1.86. The van der Waals surface area contributed by atoms with Crippen LogP contribution in [0.25, 0.3) is 6.08 Å². The SMILES string of the molecule is COc1ccc(Br)cc1/C=C/C(=O)N[C@H]1CCOc2ccccc21. The maximum atomic E-state index is 12.3. The maximum absolute atomic E-state index is 12.3. The van der Waals surface area contributed by atoms with Crippen molar-refractivity contribution in [3.63, 3.8) is 0 Å². The summed E-state index contributed by atoms with van der Waals surface area (Å²) < 4.78 is 11.9. The van der Waals surface area contributed by atoms with Crippen molar-refractivity contribution in [2.24, 2.45) is 0 Å². The van der Waals surface area contributed by atoms with Crippen LogP contribution in [-0.4, -0.2) is 19.6 Å². The smallest absolute Gasteiger partial charge is 0.244 e. The molecule has 0 radical (unpaired) electrons. The number of carbonyl (C=O) groups excluding carboxylic acids is 1. The lowest BCUT2D eigenvalue weighted by molar-refractivity contribution is -0.117. The van der Waals surface area contributed by atoms with Crippen LogP contribution in [0.4, 0.5) is 0 Å². The second-order valence-electron chi connectivity index (χ2n) is 5.46. The minimum absolute atomic E-state index is 0.0310. The van der Waals surface area contributed by atoms with Gasteiger partial charge >= 0.3 is 0 Å². The fourth-order valence-corrected chi connectivity index (χ4v) is 3.09. The molecule has 2 aromatic carbocycles. The maximum Gasteiger partial charge on any atom is 0.244 e. The Labute approximate surface area is 149 Å². The Kier molecular flexibility index (Phi) is 5.20. The number of hydrogen-bond acceptors (Lipinski definition) is 3. The third kappa shape index (κ3) is 3.79. The van der Waals surface area contributed by atoms with Gasteiger partial charge in [-0.25, -0.2) is 0 Å². The molecule has 0 aromatic heterocycles. The van der Waals surface area contributed by atoms with E-state index in [1.807, 2.05) is 42.5 Å². The summed E-state index contributed by atoms with van der Waals surface area (Å²) in [5, 5.41) is 3.04. The normalized spacial score (nSPS) is 16.3. The number of methoxy groups -OCH3 is 1. The zero-order chi connectivity index (χ0) is 16.9. The van der Waals surface area contributed by atoms with Gasteiger partial charge in [-0.1, -0.05) is 34.1 Å². The first-order valence-electron chi connectivity index (χ1n) is 7.71. The van der Waals surface area contributed by atoms with Gasteiger partial charge in [0.15, 0.2) is 0 Å². The molecule has 0 fully saturated rings. The van der Waals surface area contributed by atoms with Gasteiger partial charge in [-0.15, -0.1) is 0 Å². The number of benzene rings is 2. The second-order valence-corrected chi connectivity index (χ2v) is 6.37. The number of hydrogen-bond donors (Lipinski definition) is 1. The van der Waals surface area contributed by atoms with Gasteiger partial charge < -0.3 is 14.8 Å². The zero-order valence-electron chi connectivity index (χ0n) is 13.3. The summed E-state index contributed by atoms with van der Waals surface area (Å²) in [4.78, 5) is 12.3. The predicted octanol–water partition coefficient (Wildman–Crippen LogP) is 4.11. The molecule has 4 nitrogen and oxygen atoms in total. The topological polar surface area (TPSA) is 47.6 Å². The molecule has 1 heterocycles. The van der Waals surface area contributed by atoms with E-state index in [0.717, 1.165) is 33.5 Å². The fraction of sp³-hybridized carbons (Fsp3) is 0.211. The highest BCUT2D eigenvalue weighted by molar-refractivity contribution is 9.10. The third-order valence-electron chi connectivity index (χ3n) is 3.88. The average Bonchev–Trinajstić information content (AvgIpc) is 2.60. The van der Waals surface area contributed by atoms with Crippen LogP contribution in [0.3, 0.4) is 0 Å². The summed E-state index contributed by atoms with van der Waals surface area (Å²) >= 11 is 3.43.